The summed E-state index contributed by atoms with van der Waals surface area (Å²) in [6, 6.07) is 10.3. The lowest BCUT2D eigenvalue weighted by Crippen LogP contribution is -2.47. The third kappa shape index (κ3) is 6.02. The van der Waals surface area contributed by atoms with E-state index in [1.54, 1.807) is 31.0 Å². The Balaban J connectivity index is 1.57. The quantitative estimate of drug-likeness (QED) is 0.584. The van der Waals surface area contributed by atoms with Gasteiger partial charge in [-0.05, 0) is 72.7 Å². The van der Waals surface area contributed by atoms with Crippen molar-refractivity contribution in [3.63, 3.8) is 0 Å². The van der Waals surface area contributed by atoms with Crippen molar-refractivity contribution in [3.8, 4) is 0 Å². The number of benzene rings is 1. The smallest absolute Gasteiger partial charge is 0.250 e. The molecule has 2 aromatic rings. The summed E-state index contributed by atoms with van der Waals surface area (Å²) in [5.41, 5.74) is 3.13. The minimum Gasteiger partial charge on any atom is -0.381 e. The second-order valence-electron chi connectivity index (χ2n) is 9.06. The Morgan fingerprint density at radius 3 is 2.82 bits per heavy atom. The lowest BCUT2D eigenvalue weighted by molar-refractivity contribution is -0.138. The first-order chi connectivity index (χ1) is 16.0. The first-order valence-corrected chi connectivity index (χ1v) is 12.4. The van der Waals surface area contributed by atoms with Gasteiger partial charge < -0.3 is 19.5 Å². The molecule has 1 amide bonds. The van der Waals surface area contributed by atoms with E-state index in [2.05, 4.69) is 44.3 Å². The van der Waals surface area contributed by atoms with E-state index >= 15 is 0 Å². The van der Waals surface area contributed by atoms with Gasteiger partial charge in [0.15, 0.2) is 0 Å². The normalized spacial score (nSPS) is 20.8. The summed E-state index contributed by atoms with van der Waals surface area (Å²) in [5, 5.41) is 3.41. The average molecular weight is 514 g/mol. The van der Waals surface area contributed by atoms with Crippen LogP contribution in [0.1, 0.15) is 41.9 Å². The lowest BCUT2D eigenvalue weighted by atomic mass is 9.80. The maximum Gasteiger partial charge on any atom is 0.250 e. The summed E-state index contributed by atoms with van der Waals surface area (Å²) in [5.74, 6) is 0.0791. The number of hydrogen-bond acceptors (Lipinski definition) is 4. The fourth-order valence-corrected chi connectivity index (χ4v) is 5.20. The monoisotopic (exact) mass is 513 g/mol. The van der Waals surface area contributed by atoms with E-state index in [1.807, 2.05) is 18.2 Å². The number of piperidine rings is 1. The topological polar surface area (TPSA) is 63.6 Å². The molecule has 0 spiro atoms. The number of pyridine rings is 1. The van der Waals surface area contributed by atoms with Crippen LogP contribution in [0.2, 0.25) is 0 Å². The summed E-state index contributed by atoms with van der Waals surface area (Å²) in [7, 11) is 3.43. The minimum absolute atomic E-state index is 0.0283. The van der Waals surface area contributed by atoms with E-state index in [9.17, 15) is 9.59 Å². The van der Waals surface area contributed by atoms with Gasteiger partial charge in [-0.3, -0.25) is 9.59 Å². The van der Waals surface area contributed by atoms with Crippen LogP contribution in [0.4, 0.5) is 0 Å². The van der Waals surface area contributed by atoms with Gasteiger partial charge >= 0.3 is 0 Å². The Labute approximate surface area is 203 Å². The number of nitrogens with zero attached hydrogens (tertiary/aromatic N) is 2. The fraction of sp³-hybridized carbons (Fsp3) is 0.462. The second kappa shape index (κ2) is 10.8. The van der Waals surface area contributed by atoms with Gasteiger partial charge in [0.1, 0.15) is 0 Å². The first-order valence-electron chi connectivity index (χ1n) is 11.6. The summed E-state index contributed by atoms with van der Waals surface area (Å²) in [6.45, 7) is 2.66. The predicted octanol–water partition coefficient (Wildman–Crippen LogP) is 3.69. The highest BCUT2D eigenvalue weighted by molar-refractivity contribution is 9.10. The van der Waals surface area contributed by atoms with E-state index in [0.717, 1.165) is 47.0 Å². The molecule has 33 heavy (non-hydrogen) atoms. The predicted molar refractivity (Wildman–Crippen MR) is 134 cm³/mol. The van der Waals surface area contributed by atoms with Crippen LogP contribution in [0.25, 0.3) is 6.08 Å². The number of amides is 1. The maximum absolute atomic E-state index is 13.9. The number of rotatable bonds is 8. The van der Waals surface area contributed by atoms with Gasteiger partial charge in [-0.1, -0.05) is 28.1 Å². The Morgan fingerprint density at radius 2 is 2.09 bits per heavy atom. The van der Waals surface area contributed by atoms with Crippen LogP contribution in [0, 0.1) is 5.92 Å². The molecule has 1 aliphatic carbocycles. The third-order valence-corrected chi connectivity index (χ3v) is 6.99. The van der Waals surface area contributed by atoms with E-state index in [0.29, 0.717) is 25.7 Å². The highest BCUT2D eigenvalue weighted by atomic mass is 79.9. The number of halogens is 1. The molecule has 0 radical (unpaired) electrons. The molecule has 2 fully saturated rings. The van der Waals surface area contributed by atoms with Gasteiger partial charge in [0.05, 0.1) is 12.5 Å². The largest absolute Gasteiger partial charge is 0.381 e. The zero-order chi connectivity index (χ0) is 23.4. The Bertz CT molecular complexity index is 1080. The Morgan fingerprint density at radius 1 is 1.27 bits per heavy atom. The van der Waals surface area contributed by atoms with Crippen LogP contribution >= 0.6 is 15.9 Å². The average Bonchev–Trinajstić information content (AvgIpc) is 3.64. The number of ether oxygens (including phenoxy) is 1. The molecule has 2 aliphatic rings. The van der Waals surface area contributed by atoms with Gasteiger partial charge in [-0.2, -0.15) is 0 Å². The van der Waals surface area contributed by atoms with Gasteiger partial charge in [-0.25, -0.2) is 0 Å². The zero-order valence-electron chi connectivity index (χ0n) is 19.3. The Kier molecular flexibility index (Phi) is 7.83. The molecule has 4 rings (SSSR count). The number of methoxy groups -OCH3 is 1. The zero-order valence-corrected chi connectivity index (χ0v) is 20.9. The SMILES string of the molecule is COC/C=C/c1cc(Br)cc(CN(C(=O)C2CNCC[C@@H]2c2ccn(C)c(=O)c2)C2CC2)c1. The summed E-state index contributed by atoms with van der Waals surface area (Å²) in [6.07, 6.45) is 8.79. The molecular formula is C26H32BrN3O3. The lowest BCUT2D eigenvalue weighted by Gasteiger charge is -2.35. The molecule has 1 N–H and O–H groups in total. The summed E-state index contributed by atoms with van der Waals surface area (Å²) in [4.78, 5) is 28.2. The number of aromatic nitrogens is 1. The van der Waals surface area contributed by atoms with Crippen LogP contribution in [0.5, 0.6) is 0 Å². The van der Waals surface area contributed by atoms with Crippen molar-refractivity contribution >= 4 is 27.9 Å². The third-order valence-electron chi connectivity index (χ3n) is 6.53. The minimum atomic E-state index is -0.167. The van der Waals surface area contributed by atoms with Crippen LogP contribution in [0.15, 0.2) is 51.9 Å². The van der Waals surface area contributed by atoms with E-state index < -0.39 is 0 Å². The standard InChI is InChI=1S/C26H32BrN3O3/c1-29-10-8-20(15-25(29)31)23-7-9-28-16-24(23)26(32)30(22-5-6-22)17-19-12-18(4-3-11-33-2)13-21(27)14-19/h3-4,8,10,12-15,22-24,28H,5-7,9,11,16-17H2,1-2H3/b4-3+/t23-,24?/m1/s1. The molecule has 1 unspecified atom stereocenters. The molecule has 176 valence electrons. The molecule has 2 heterocycles. The summed E-state index contributed by atoms with van der Waals surface area (Å²) >= 11 is 3.62. The van der Waals surface area contributed by atoms with Crippen LogP contribution in [-0.2, 0) is 23.1 Å². The molecule has 1 saturated carbocycles. The number of nitrogens with one attached hydrogen (secondary N) is 1. The van der Waals surface area contributed by atoms with Gasteiger partial charge in [0.2, 0.25) is 5.91 Å². The van der Waals surface area contributed by atoms with Crippen LogP contribution < -0.4 is 10.9 Å². The number of carbonyl (C=O) groups excluding carboxylic acids is 1. The second-order valence-corrected chi connectivity index (χ2v) is 9.98. The summed E-state index contributed by atoms with van der Waals surface area (Å²) < 4.78 is 7.68. The van der Waals surface area contributed by atoms with E-state index in [-0.39, 0.29) is 23.3 Å². The van der Waals surface area contributed by atoms with Crippen LogP contribution in [0.3, 0.4) is 0 Å². The van der Waals surface area contributed by atoms with Crippen molar-refractivity contribution in [1.82, 2.24) is 14.8 Å². The van der Waals surface area contributed by atoms with E-state index in [1.165, 1.54) is 0 Å². The van der Waals surface area contributed by atoms with Crippen molar-refractivity contribution in [2.75, 3.05) is 26.8 Å². The molecule has 1 aliphatic heterocycles. The molecule has 1 aromatic carbocycles. The number of hydrogen-bond donors (Lipinski definition) is 1. The highest BCUT2D eigenvalue weighted by Gasteiger charge is 2.40. The van der Waals surface area contributed by atoms with Crippen molar-refractivity contribution in [1.29, 1.82) is 0 Å². The van der Waals surface area contributed by atoms with Crippen molar-refractivity contribution in [2.24, 2.45) is 13.0 Å². The van der Waals surface area contributed by atoms with Gasteiger partial charge in [-0.15, -0.1) is 0 Å². The van der Waals surface area contributed by atoms with Crippen molar-refractivity contribution in [3.05, 3.63) is 74.1 Å². The van der Waals surface area contributed by atoms with Crippen LogP contribution in [-0.4, -0.2) is 48.2 Å². The molecule has 1 aromatic heterocycles. The van der Waals surface area contributed by atoms with Gasteiger partial charge in [0.25, 0.3) is 5.56 Å². The van der Waals surface area contributed by atoms with Gasteiger partial charge in [0, 0.05) is 50.0 Å². The maximum atomic E-state index is 13.9. The molecule has 6 nitrogen and oxygen atoms in total. The number of carbonyl (C=O) groups is 1. The fourth-order valence-electron chi connectivity index (χ4n) is 4.64. The number of aryl methyl sites for hydroxylation is 1. The van der Waals surface area contributed by atoms with Crippen molar-refractivity contribution in [2.45, 2.75) is 37.8 Å². The van der Waals surface area contributed by atoms with Crippen molar-refractivity contribution < 1.29 is 9.53 Å². The first kappa shape index (κ1) is 23.9. The highest BCUT2D eigenvalue weighted by Crippen LogP contribution is 2.36. The van der Waals surface area contributed by atoms with E-state index in [4.69, 9.17) is 4.74 Å². The molecule has 1 saturated heterocycles. The molecular weight excluding hydrogens is 482 g/mol. The molecule has 0 bridgehead atoms. The molecule has 2 atom stereocenters. The Hall–Kier alpha value is -2.22. The molecule has 7 heteroatoms.